The number of fused-ring (bicyclic) bond motifs is 1. The maximum Gasteiger partial charge on any atom is 0.321 e. The third kappa shape index (κ3) is 2.73. The summed E-state index contributed by atoms with van der Waals surface area (Å²) < 4.78 is 0. The Kier molecular flexibility index (Phi) is 4.10. The first-order valence-corrected chi connectivity index (χ1v) is 6.97. The van der Waals surface area contributed by atoms with Crippen LogP contribution in [-0.2, 0) is 6.54 Å². The molecule has 1 aromatic rings. The molecule has 1 heterocycles. The molecule has 0 spiro atoms. The minimum Gasteiger partial charge on any atom is -0.324 e. The molecular weight excluding hydrogens is 238 g/mol. The molecule has 0 saturated heterocycles. The summed E-state index contributed by atoms with van der Waals surface area (Å²) in [5.41, 5.74) is 9.56. The van der Waals surface area contributed by atoms with E-state index in [4.69, 9.17) is 5.73 Å². The summed E-state index contributed by atoms with van der Waals surface area (Å²) >= 11 is 0. The number of amides is 2. The average Bonchev–Trinajstić information content (AvgIpc) is 2.41. The summed E-state index contributed by atoms with van der Waals surface area (Å²) in [6.45, 7) is 5.01. The Labute approximate surface area is 115 Å². The number of anilines is 1. The van der Waals surface area contributed by atoms with E-state index in [1.807, 2.05) is 12.1 Å². The highest BCUT2D eigenvalue weighted by atomic mass is 16.2. The molecule has 0 aromatic heterocycles. The minimum absolute atomic E-state index is 0.0514. The van der Waals surface area contributed by atoms with E-state index < -0.39 is 0 Å². The summed E-state index contributed by atoms with van der Waals surface area (Å²) in [6.07, 6.45) is 2.18. The van der Waals surface area contributed by atoms with Gasteiger partial charge in [-0.15, -0.1) is 0 Å². The molecule has 19 heavy (non-hydrogen) atoms. The third-order valence-corrected chi connectivity index (χ3v) is 4.07. The fourth-order valence-electron chi connectivity index (χ4n) is 2.68. The van der Waals surface area contributed by atoms with Crippen LogP contribution >= 0.6 is 0 Å². The van der Waals surface area contributed by atoms with Gasteiger partial charge in [0.25, 0.3) is 0 Å². The quantitative estimate of drug-likeness (QED) is 0.875. The van der Waals surface area contributed by atoms with Gasteiger partial charge in [0.1, 0.15) is 0 Å². The van der Waals surface area contributed by atoms with Gasteiger partial charge in [0, 0.05) is 25.3 Å². The molecule has 0 radical (unpaired) electrons. The average molecular weight is 261 g/mol. The number of hydrogen-bond donors (Lipinski definition) is 2. The van der Waals surface area contributed by atoms with Crippen molar-refractivity contribution in [2.75, 3.05) is 12.4 Å². The van der Waals surface area contributed by atoms with Crippen LogP contribution in [0.25, 0.3) is 0 Å². The van der Waals surface area contributed by atoms with E-state index in [-0.39, 0.29) is 12.1 Å². The first-order valence-electron chi connectivity index (χ1n) is 6.97. The Balaban J connectivity index is 2.26. The lowest BCUT2D eigenvalue weighted by atomic mass is 9.88. The Morgan fingerprint density at radius 2 is 2.05 bits per heavy atom. The molecule has 0 fully saturated rings. The van der Waals surface area contributed by atoms with Crippen molar-refractivity contribution in [2.24, 2.45) is 11.7 Å². The molecule has 1 unspecified atom stereocenters. The fourth-order valence-corrected chi connectivity index (χ4v) is 2.68. The molecule has 1 atom stereocenters. The van der Waals surface area contributed by atoms with Crippen molar-refractivity contribution in [1.82, 2.24) is 4.90 Å². The summed E-state index contributed by atoms with van der Waals surface area (Å²) in [4.78, 5) is 13.2. The van der Waals surface area contributed by atoms with Crippen LogP contribution in [0.5, 0.6) is 0 Å². The normalized spacial score (nSPS) is 16.3. The van der Waals surface area contributed by atoms with Gasteiger partial charge in [-0.05, 0) is 23.1 Å². The predicted octanol–water partition coefficient (Wildman–Crippen LogP) is 3.10. The van der Waals surface area contributed by atoms with Crippen molar-refractivity contribution in [1.29, 1.82) is 0 Å². The van der Waals surface area contributed by atoms with Crippen molar-refractivity contribution in [2.45, 2.75) is 39.3 Å². The molecule has 104 valence electrons. The SMILES string of the molecule is CCC(CC)C(N)c1ccc2c(c1)CN(C)C(=O)N2. The Morgan fingerprint density at radius 1 is 1.37 bits per heavy atom. The van der Waals surface area contributed by atoms with Gasteiger partial charge in [-0.1, -0.05) is 38.8 Å². The van der Waals surface area contributed by atoms with Crippen LogP contribution in [0.3, 0.4) is 0 Å². The maximum absolute atomic E-state index is 11.6. The van der Waals surface area contributed by atoms with Crippen molar-refractivity contribution >= 4 is 11.7 Å². The lowest BCUT2D eigenvalue weighted by molar-refractivity contribution is 0.218. The Bertz CT molecular complexity index is 468. The number of nitrogens with one attached hydrogen (secondary N) is 1. The third-order valence-electron chi connectivity index (χ3n) is 4.07. The molecule has 3 N–H and O–H groups in total. The molecule has 4 nitrogen and oxygen atoms in total. The molecule has 0 bridgehead atoms. The van der Waals surface area contributed by atoms with Gasteiger partial charge in [-0.25, -0.2) is 4.79 Å². The first-order chi connectivity index (χ1) is 9.06. The van der Waals surface area contributed by atoms with Crippen LogP contribution in [-0.4, -0.2) is 18.0 Å². The van der Waals surface area contributed by atoms with Gasteiger partial charge < -0.3 is 16.0 Å². The fraction of sp³-hybridized carbons (Fsp3) is 0.533. The second kappa shape index (κ2) is 5.61. The number of carbonyl (C=O) groups is 1. The molecule has 4 heteroatoms. The van der Waals surface area contributed by atoms with Crippen LogP contribution in [0.2, 0.25) is 0 Å². The lowest BCUT2D eigenvalue weighted by Crippen LogP contribution is -2.35. The van der Waals surface area contributed by atoms with Crippen molar-refractivity contribution in [3.63, 3.8) is 0 Å². The van der Waals surface area contributed by atoms with Crippen LogP contribution in [0.4, 0.5) is 10.5 Å². The van der Waals surface area contributed by atoms with Gasteiger partial charge in [0.2, 0.25) is 0 Å². The predicted molar refractivity (Wildman–Crippen MR) is 77.9 cm³/mol. The molecule has 2 amide bonds. The summed E-state index contributed by atoms with van der Waals surface area (Å²) in [6, 6.07) is 6.16. The van der Waals surface area contributed by atoms with Crippen LogP contribution < -0.4 is 11.1 Å². The van der Waals surface area contributed by atoms with E-state index >= 15 is 0 Å². The van der Waals surface area contributed by atoms with Crippen molar-refractivity contribution in [3.05, 3.63) is 29.3 Å². The maximum atomic E-state index is 11.6. The molecule has 2 rings (SSSR count). The molecule has 1 aliphatic heterocycles. The topological polar surface area (TPSA) is 58.4 Å². The highest BCUT2D eigenvalue weighted by Crippen LogP contribution is 2.30. The van der Waals surface area contributed by atoms with Gasteiger partial charge in [-0.2, -0.15) is 0 Å². The van der Waals surface area contributed by atoms with Gasteiger partial charge in [-0.3, -0.25) is 0 Å². The molecule has 1 aromatic carbocycles. The lowest BCUT2D eigenvalue weighted by Gasteiger charge is -2.28. The van der Waals surface area contributed by atoms with Crippen molar-refractivity contribution in [3.8, 4) is 0 Å². The van der Waals surface area contributed by atoms with Gasteiger partial charge in [0.05, 0.1) is 0 Å². The molecule has 1 aliphatic rings. The number of hydrogen-bond acceptors (Lipinski definition) is 2. The summed E-state index contributed by atoms with van der Waals surface area (Å²) in [5, 5.41) is 2.88. The largest absolute Gasteiger partial charge is 0.324 e. The Morgan fingerprint density at radius 3 is 2.68 bits per heavy atom. The zero-order chi connectivity index (χ0) is 14.0. The number of carbonyl (C=O) groups excluding carboxylic acids is 1. The monoisotopic (exact) mass is 261 g/mol. The standard InChI is InChI=1S/C15H23N3O/c1-4-10(5-2)14(16)11-6-7-13-12(8-11)9-18(3)15(19)17-13/h6-8,10,14H,4-5,9,16H2,1-3H3,(H,17,19). The molecule has 0 aliphatic carbocycles. The van der Waals surface area contributed by atoms with E-state index in [0.29, 0.717) is 12.5 Å². The van der Waals surface area contributed by atoms with E-state index in [1.165, 1.54) is 0 Å². The van der Waals surface area contributed by atoms with Crippen LogP contribution in [0, 0.1) is 5.92 Å². The zero-order valence-electron chi connectivity index (χ0n) is 11.9. The van der Waals surface area contributed by atoms with E-state index in [0.717, 1.165) is 29.7 Å². The highest BCUT2D eigenvalue weighted by Gasteiger charge is 2.22. The van der Waals surface area contributed by atoms with E-state index in [1.54, 1.807) is 11.9 Å². The van der Waals surface area contributed by atoms with E-state index in [9.17, 15) is 4.79 Å². The zero-order valence-corrected chi connectivity index (χ0v) is 11.9. The van der Waals surface area contributed by atoms with Crippen molar-refractivity contribution < 1.29 is 4.79 Å². The van der Waals surface area contributed by atoms with Gasteiger partial charge >= 0.3 is 6.03 Å². The first kappa shape index (κ1) is 13.9. The second-order valence-electron chi connectivity index (χ2n) is 5.31. The Hall–Kier alpha value is -1.55. The number of nitrogens with two attached hydrogens (primary N) is 1. The number of rotatable bonds is 4. The molecular formula is C15H23N3O. The number of urea groups is 1. The molecule has 0 saturated carbocycles. The summed E-state index contributed by atoms with van der Waals surface area (Å²) in [7, 11) is 1.80. The van der Waals surface area contributed by atoms with Crippen LogP contribution in [0.1, 0.15) is 43.9 Å². The second-order valence-corrected chi connectivity index (χ2v) is 5.31. The minimum atomic E-state index is -0.0514. The van der Waals surface area contributed by atoms with Crippen LogP contribution in [0.15, 0.2) is 18.2 Å². The van der Waals surface area contributed by atoms with E-state index in [2.05, 4.69) is 25.2 Å². The smallest absolute Gasteiger partial charge is 0.321 e. The number of benzene rings is 1. The van der Waals surface area contributed by atoms with Gasteiger partial charge in [0.15, 0.2) is 0 Å². The number of nitrogens with zero attached hydrogens (tertiary/aromatic N) is 1. The highest BCUT2D eigenvalue weighted by molar-refractivity contribution is 5.92. The summed E-state index contributed by atoms with van der Waals surface area (Å²) in [5.74, 6) is 0.508.